The molecule has 0 aromatic carbocycles. The van der Waals surface area contributed by atoms with E-state index in [2.05, 4.69) is 29.2 Å². The first-order valence-corrected chi connectivity index (χ1v) is 6.46. The molecule has 2 aromatic heterocycles. The number of rotatable bonds is 4. The molecule has 0 aliphatic carbocycles. The van der Waals surface area contributed by atoms with Crippen molar-refractivity contribution in [1.29, 1.82) is 0 Å². The molecule has 0 atom stereocenters. The minimum absolute atomic E-state index is 0.327. The van der Waals surface area contributed by atoms with Crippen LogP contribution in [0.15, 0.2) is 24.5 Å². The second-order valence-corrected chi connectivity index (χ2v) is 5.11. The predicted molar refractivity (Wildman–Crippen MR) is 80.8 cm³/mol. The highest BCUT2D eigenvalue weighted by molar-refractivity contribution is 7.80. The molecule has 2 rings (SSSR count). The van der Waals surface area contributed by atoms with Crippen LogP contribution in [0.25, 0.3) is 0 Å². The summed E-state index contributed by atoms with van der Waals surface area (Å²) >= 11 is 4.99. The van der Waals surface area contributed by atoms with E-state index in [1.165, 1.54) is 0 Å². The minimum Gasteiger partial charge on any atom is -0.389 e. The Hall–Kier alpha value is -1.95. The maximum Gasteiger partial charge on any atom is 0.131 e. The third-order valence-electron chi connectivity index (χ3n) is 2.64. The summed E-state index contributed by atoms with van der Waals surface area (Å²) in [6.07, 6.45) is 3.71. The Morgan fingerprint density at radius 2 is 2.16 bits per heavy atom. The Kier molecular flexibility index (Phi) is 3.80. The Balaban J connectivity index is 2.24. The first kappa shape index (κ1) is 13.5. The van der Waals surface area contributed by atoms with E-state index in [4.69, 9.17) is 18.0 Å². The van der Waals surface area contributed by atoms with Gasteiger partial charge in [0.1, 0.15) is 10.8 Å². The third kappa shape index (κ3) is 3.29. The van der Waals surface area contributed by atoms with Crippen LogP contribution < -0.4 is 11.1 Å². The van der Waals surface area contributed by atoms with Crippen LogP contribution in [0.5, 0.6) is 0 Å². The number of aromatic nitrogens is 3. The highest BCUT2D eigenvalue weighted by Gasteiger charge is 2.05. The molecular weight excluding hydrogens is 258 g/mol. The molecule has 3 N–H and O–H groups in total. The number of anilines is 2. The van der Waals surface area contributed by atoms with Crippen LogP contribution in [0.1, 0.15) is 31.1 Å². The van der Waals surface area contributed by atoms with Gasteiger partial charge in [-0.2, -0.15) is 5.10 Å². The Morgan fingerprint density at radius 3 is 2.74 bits per heavy atom. The van der Waals surface area contributed by atoms with Crippen LogP contribution in [0.3, 0.4) is 0 Å². The second-order valence-electron chi connectivity index (χ2n) is 4.67. The quantitative estimate of drug-likeness (QED) is 0.839. The molecule has 2 aromatic rings. The second kappa shape index (κ2) is 5.36. The normalized spacial score (nSPS) is 10.7. The summed E-state index contributed by atoms with van der Waals surface area (Å²) in [4.78, 5) is 4.77. The fourth-order valence-electron chi connectivity index (χ4n) is 1.71. The molecule has 2 heterocycles. The minimum atomic E-state index is 0.327. The molecule has 0 spiro atoms. The van der Waals surface area contributed by atoms with E-state index < -0.39 is 0 Å². The molecular formula is C13H17N5S. The first-order chi connectivity index (χ1) is 8.95. The molecule has 6 heteroatoms. The topological polar surface area (TPSA) is 68.8 Å². The zero-order valence-corrected chi connectivity index (χ0v) is 12.0. The first-order valence-electron chi connectivity index (χ1n) is 6.05. The molecule has 0 unspecified atom stereocenters. The lowest BCUT2D eigenvalue weighted by atomic mass is 10.2. The van der Waals surface area contributed by atoms with Crippen LogP contribution >= 0.6 is 12.2 Å². The average Bonchev–Trinajstić information content (AvgIpc) is 2.76. The lowest BCUT2D eigenvalue weighted by Crippen LogP contribution is -2.10. The van der Waals surface area contributed by atoms with Crippen molar-refractivity contribution in [1.82, 2.24) is 14.8 Å². The fourth-order valence-corrected chi connectivity index (χ4v) is 1.83. The van der Waals surface area contributed by atoms with Crippen molar-refractivity contribution in [3.63, 3.8) is 0 Å². The van der Waals surface area contributed by atoms with Gasteiger partial charge in [0.2, 0.25) is 0 Å². The van der Waals surface area contributed by atoms with Gasteiger partial charge >= 0.3 is 0 Å². The number of pyridine rings is 1. The summed E-state index contributed by atoms with van der Waals surface area (Å²) in [6.45, 7) is 6.06. The molecule has 0 aliphatic rings. The SMILES string of the molecule is Cc1cc(C(N)=S)cc(Nc2cnn(C(C)C)c2)n1. The molecule has 0 saturated carbocycles. The Morgan fingerprint density at radius 1 is 1.42 bits per heavy atom. The maximum absolute atomic E-state index is 5.65. The van der Waals surface area contributed by atoms with Crippen molar-refractivity contribution in [2.24, 2.45) is 5.73 Å². The van der Waals surface area contributed by atoms with Crippen LogP contribution in [-0.2, 0) is 0 Å². The van der Waals surface area contributed by atoms with E-state index in [1.54, 1.807) is 6.20 Å². The molecule has 0 radical (unpaired) electrons. The summed E-state index contributed by atoms with van der Waals surface area (Å²) in [5.74, 6) is 0.714. The maximum atomic E-state index is 5.65. The summed E-state index contributed by atoms with van der Waals surface area (Å²) in [6, 6.07) is 4.03. The molecule has 100 valence electrons. The van der Waals surface area contributed by atoms with Gasteiger partial charge in [0.25, 0.3) is 0 Å². The highest BCUT2D eigenvalue weighted by atomic mass is 32.1. The number of aryl methyl sites for hydroxylation is 1. The predicted octanol–water partition coefficient (Wildman–Crippen LogP) is 2.55. The highest BCUT2D eigenvalue weighted by Crippen LogP contribution is 2.17. The van der Waals surface area contributed by atoms with E-state index in [-0.39, 0.29) is 0 Å². The average molecular weight is 275 g/mol. The number of nitrogens with two attached hydrogens (primary N) is 1. The summed E-state index contributed by atoms with van der Waals surface area (Å²) in [7, 11) is 0. The van der Waals surface area contributed by atoms with Gasteiger partial charge in [0.05, 0.1) is 11.9 Å². The summed E-state index contributed by atoms with van der Waals surface area (Å²) in [5, 5.41) is 7.47. The van der Waals surface area contributed by atoms with Crippen molar-refractivity contribution in [2.75, 3.05) is 5.32 Å². The van der Waals surface area contributed by atoms with Crippen molar-refractivity contribution in [3.8, 4) is 0 Å². The lowest BCUT2D eigenvalue weighted by Gasteiger charge is -2.07. The molecule has 19 heavy (non-hydrogen) atoms. The van der Waals surface area contributed by atoms with Gasteiger partial charge in [-0.15, -0.1) is 0 Å². The fraction of sp³-hybridized carbons (Fsp3) is 0.308. The van der Waals surface area contributed by atoms with Crippen molar-refractivity contribution < 1.29 is 0 Å². The zero-order chi connectivity index (χ0) is 14.0. The zero-order valence-electron chi connectivity index (χ0n) is 11.2. The van der Waals surface area contributed by atoms with Crippen LogP contribution in [0, 0.1) is 6.92 Å². The van der Waals surface area contributed by atoms with Crippen molar-refractivity contribution in [2.45, 2.75) is 26.8 Å². The monoisotopic (exact) mass is 275 g/mol. The molecule has 0 bridgehead atoms. The van der Waals surface area contributed by atoms with E-state index >= 15 is 0 Å². The smallest absolute Gasteiger partial charge is 0.131 e. The molecule has 0 aliphatic heterocycles. The van der Waals surface area contributed by atoms with Gasteiger partial charge in [0, 0.05) is 23.5 Å². The van der Waals surface area contributed by atoms with Gasteiger partial charge in [-0.25, -0.2) is 4.98 Å². The number of thiocarbonyl (C=S) groups is 1. The number of hydrogen-bond acceptors (Lipinski definition) is 4. The van der Waals surface area contributed by atoms with Crippen molar-refractivity contribution in [3.05, 3.63) is 35.8 Å². The van der Waals surface area contributed by atoms with Gasteiger partial charge in [0.15, 0.2) is 0 Å². The van der Waals surface area contributed by atoms with E-state index in [9.17, 15) is 0 Å². The standard InChI is InChI=1S/C13H17N5S/c1-8(2)18-7-11(6-15-18)17-12-5-10(13(14)19)4-9(3)16-12/h4-8H,1-3H3,(H2,14,19)(H,16,17). The van der Waals surface area contributed by atoms with Crippen LogP contribution in [0.2, 0.25) is 0 Å². The van der Waals surface area contributed by atoms with E-state index in [0.29, 0.717) is 16.8 Å². The number of nitrogens with zero attached hydrogens (tertiary/aromatic N) is 3. The van der Waals surface area contributed by atoms with Crippen molar-refractivity contribution >= 4 is 28.7 Å². The number of hydrogen-bond donors (Lipinski definition) is 2. The van der Waals surface area contributed by atoms with Gasteiger partial charge < -0.3 is 11.1 Å². The van der Waals surface area contributed by atoms with E-state index in [0.717, 1.165) is 16.9 Å². The lowest BCUT2D eigenvalue weighted by molar-refractivity contribution is 0.532. The van der Waals surface area contributed by atoms with Gasteiger partial charge in [-0.3, -0.25) is 4.68 Å². The van der Waals surface area contributed by atoms with Gasteiger partial charge in [-0.1, -0.05) is 12.2 Å². The molecule has 0 fully saturated rings. The Bertz CT molecular complexity index is 603. The molecule has 5 nitrogen and oxygen atoms in total. The van der Waals surface area contributed by atoms with Gasteiger partial charge in [-0.05, 0) is 32.9 Å². The van der Waals surface area contributed by atoms with E-state index in [1.807, 2.05) is 29.9 Å². The summed E-state index contributed by atoms with van der Waals surface area (Å²) < 4.78 is 1.88. The molecule has 0 saturated heterocycles. The largest absolute Gasteiger partial charge is 0.389 e. The third-order valence-corrected chi connectivity index (χ3v) is 2.88. The van der Waals surface area contributed by atoms with Crippen LogP contribution in [-0.4, -0.2) is 19.8 Å². The number of nitrogens with one attached hydrogen (secondary N) is 1. The molecule has 0 amide bonds. The Labute approximate surface area is 117 Å². The summed E-state index contributed by atoms with van der Waals surface area (Å²) in [5.41, 5.74) is 8.21. The van der Waals surface area contributed by atoms with Crippen LogP contribution in [0.4, 0.5) is 11.5 Å².